The van der Waals surface area contributed by atoms with Crippen molar-refractivity contribution in [2.24, 2.45) is 0 Å². The Morgan fingerprint density at radius 3 is 2.37 bits per heavy atom. The summed E-state index contributed by atoms with van der Waals surface area (Å²) in [6.45, 7) is 5.75. The molecule has 0 saturated carbocycles. The summed E-state index contributed by atoms with van der Waals surface area (Å²) in [7, 11) is 0. The molecule has 144 valence electrons. The highest BCUT2D eigenvalue weighted by atomic mass is 16.5. The van der Waals surface area contributed by atoms with Crippen molar-refractivity contribution in [3.05, 3.63) is 65.2 Å². The van der Waals surface area contributed by atoms with Gasteiger partial charge in [0.25, 0.3) is 0 Å². The lowest BCUT2D eigenvalue weighted by atomic mass is 9.74. The molecule has 1 fully saturated rings. The third-order valence-corrected chi connectivity index (χ3v) is 5.22. The molecule has 0 aliphatic carbocycles. The fraction of sp³-hybridized carbons (Fsp3) is 0.409. The summed E-state index contributed by atoms with van der Waals surface area (Å²) in [5, 5.41) is 12.6. The summed E-state index contributed by atoms with van der Waals surface area (Å²) in [5.41, 5.74) is 2.75. The van der Waals surface area contributed by atoms with E-state index in [1.165, 1.54) is 5.56 Å². The Bertz CT molecular complexity index is 734. The van der Waals surface area contributed by atoms with Gasteiger partial charge in [0.05, 0.1) is 12.2 Å². The molecule has 5 nitrogen and oxygen atoms in total. The van der Waals surface area contributed by atoms with Crippen LogP contribution in [0.25, 0.3) is 0 Å². The average molecular weight is 369 g/mol. The smallest absolute Gasteiger partial charge is 0.335 e. The van der Waals surface area contributed by atoms with Crippen molar-refractivity contribution in [1.29, 1.82) is 0 Å². The zero-order valence-electron chi connectivity index (χ0n) is 15.7. The van der Waals surface area contributed by atoms with Crippen LogP contribution in [-0.4, -0.2) is 37.4 Å². The molecule has 2 aromatic carbocycles. The Balaban J connectivity index is 1.66. The number of ether oxygens (including phenoxy) is 2. The second-order valence-electron chi connectivity index (χ2n) is 6.96. The number of aromatic carboxylic acids is 1. The molecule has 0 aromatic heterocycles. The van der Waals surface area contributed by atoms with E-state index in [1.54, 1.807) is 12.1 Å². The van der Waals surface area contributed by atoms with Gasteiger partial charge in [-0.1, -0.05) is 24.3 Å². The quantitative estimate of drug-likeness (QED) is 0.744. The topological polar surface area (TPSA) is 67.8 Å². The van der Waals surface area contributed by atoms with E-state index in [4.69, 9.17) is 14.6 Å². The van der Waals surface area contributed by atoms with E-state index in [2.05, 4.69) is 17.4 Å². The molecule has 0 radical (unpaired) electrons. The van der Waals surface area contributed by atoms with E-state index >= 15 is 0 Å². The molecule has 1 aliphatic rings. The van der Waals surface area contributed by atoms with Crippen molar-refractivity contribution >= 4 is 5.97 Å². The lowest BCUT2D eigenvalue weighted by Gasteiger charge is -2.38. The van der Waals surface area contributed by atoms with Gasteiger partial charge < -0.3 is 19.9 Å². The number of carboxylic acids is 1. The second kappa shape index (κ2) is 9.02. The van der Waals surface area contributed by atoms with Crippen LogP contribution < -0.4 is 10.1 Å². The Kier molecular flexibility index (Phi) is 6.48. The van der Waals surface area contributed by atoms with Crippen LogP contribution in [0.15, 0.2) is 48.5 Å². The van der Waals surface area contributed by atoms with Crippen LogP contribution in [0.1, 0.15) is 41.3 Å². The molecule has 0 atom stereocenters. The van der Waals surface area contributed by atoms with Crippen molar-refractivity contribution in [1.82, 2.24) is 5.32 Å². The average Bonchev–Trinajstić information content (AvgIpc) is 2.70. The van der Waals surface area contributed by atoms with Gasteiger partial charge in [0.1, 0.15) is 5.75 Å². The van der Waals surface area contributed by atoms with Crippen molar-refractivity contribution in [3.8, 4) is 5.75 Å². The van der Waals surface area contributed by atoms with Crippen LogP contribution in [0.5, 0.6) is 5.75 Å². The standard InChI is InChI=1S/C22H27NO4/c1-2-27-20-9-7-19(8-10-20)22(11-13-26-14-12-22)16-23-15-17-3-5-18(6-4-17)21(24)25/h3-10,23H,2,11-16H2,1H3,(H,24,25). The second-order valence-corrected chi connectivity index (χ2v) is 6.96. The number of rotatable bonds is 8. The molecular formula is C22H27NO4. The molecule has 27 heavy (non-hydrogen) atoms. The first kappa shape index (κ1) is 19.4. The summed E-state index contributed by atoms with van der Waals surface area (Å²) < 4.78 is 11.2. The Labute approximate surface area is 160 Å². The molecule has 0 amide bonds. The minimum absolute atomic E-state index is 0.0456. The van der Waals surface area contributed by atoms with Crippen LogP contribution >= 0.6 is 0 Å². The van der Waals surface area contributed by atoms with Gasteiger partial charge in [-0.25, -0.2) is 4.79 Å². The molecule has 0 unspecified atom stereocenters. The van der Waals surface area contributed by atoms with Gasteiger partial charge >= 0.3 is 5.97 Å². The molecule has 2 N–H and O–H groups in total. The SMILES string of the molecule is CCOc1ccc(C2(CNCc3ccc(C(=O)O)cc3)CCOCC2)cc1. The molecule has 0 spiro atoms. The highest BCUT2D eigenvalue weighted by Gasteiger charge is 2.34. The van der Waals surface area contributed by atoms with E-state index in [9.17, 15) is 4.79 Å². The minimum Gasteiger partial charge on any atom is -0.494 e. The summed E-state index contributed by atoms with van der Waals surface area (Å²) >= 11 is 0. The number of benzene rings is 2. The Hall–Kier alpha value is -2.37. The van der Waals surface area contributed by atoms with Crippen molar-refractivity contribution in [3.63, 3.8) is 0 Å². The summed E-state index contributed by atoms with van der Waals surface area (Å²) in [4.78, 5) is 11.0. The predicted molar refractivity (Wildman–Crippen MR) is 104 cm³/mol. The van der Waals surface area contributed by atoms with Gasteiger partial charge in [-0.2, -0.15) is 0 Å². The van der Waals surface area contributed by atoms with Crippen molar-refractivity contribution in [2.45, 2.75) is 31.7 Å². The van der Waals surface area contributed by atoms with Gasteiger partial charge in [-0.15, -0.1) is 0 Å². The van der Waals surface area contributed by atoms with E-state index in [0.29, 0.717) is 18.7 Å². The lowest BCUT2D eigenvalue weighted by Crippen LogP contribution is -2.42. The molecular weight excluding hydrogens is 342 g/mol. The number of hydrogen-bond acceptors (Lipinski definition) is 4. The van der Waals surface area contributed by atoms with E-state index in [1.807, 2.05) is 31.2 Å². The maximum absolute atomic E-state index is 11.0. The highest BCUT2D eigenvalue weighted by Crippen LogP contribution is 2.35. The minimum atomic E-state index is -0.897. The summed E-state index contributed by atoms with van der Waals surface area (Å²) in [6.07, 6.45) is 1.96. The Morgan fingerprint density at radius 2 is 1.78 bits per heavy atom. The fourth-order valence-electron chi connectivity index (χ4n) is 3.61. The van der Waals surface area contributed by atoms with Gasteiger partial charge in [-0.3, -0.25) is 0 Å². The third kappa shape index (κ3) is 4.87. The molecule has 1 heterocycles. The third-order valence-electron chi connectivity index (χ3n) is 5.22. The highest BCUT2D eigenvalue weighted by molar-refractivity contribution is 5.87. The zero-order valence-corrected chi connectivity index (χ0v) is 15.7. The van der Waals surface area contributed by atoms with Crippen LogP contribution in [0.2, 0.25) is 0 Å². The number of nitrogens with one attached hydrogen (secondary N) is 1. The molecule has 1 saturated heterocycles. The monoisotopic (exact) mass is 369 g/mol. The largest absolute Gasteiger partial charge is 0.494 e. The lowest BCUT2D eigenvalue weighted by molar-refractivity contribution is 0.0497. The zero-order chi connectivity index (χ0) is 19.1. The normalized spacial score (nSPS) is 16.0. The maximum Gasteiger partial charge on any atom is 0.335 e. The van der Waals surface area contributed by atoms with Gasteiger partial charge in [-0.05, 0) is 55.2 Å². The fourth-order valence-corrected chi connectivity index (χ4v) is 3.61. The van der Waals surface area contributed by atoms with Crippen molar-refractivity contribution in [2.75, 3.05) is 26.4 Å². The van der Waals surface area contributed by atoms with E-state index < -0.39 is 5.97 Å². The maximum atomic E-state index is 11.0. The first-order chi connectivity index (χ1) is 13.1. The number of carboxylic acid groups (broad SMARTS) is 1. The van der Waals surface area contributed by atoms with Gasteiger partial charge in [0, 0.05) is 31.7 Å². The Morgan fingerprint density at radius 1 is 1.11 bits per heavy atom. The van der Waals surface area contributed by atoms with Crippen LogP contribution in [-0.2, 0) is 16.7 Å². The first-order valence-electron chi connectivity index (χ1n) is 9.47. The van der Waals surface area contributed by atoms with Gasteiger partial charge in [0.15, 0.2) is 0 Å². The first-order valence-corrected chi connectivity index (χ1v) is 9.47. The molecule has 2 aromatic rings. The summed E-state index contributed by atoms with van der Waals surface area (Å²) in [5.74, 6) is 0.00102. The molecule has 0 bridgehead atoms. The van der Waals surface area contributed by atoms with Crippen LogP contribution in [0.3, 0.4) is 0 Å². The number of carbonyl (C=O) groups is 1. The molecule has 3 rings (SSSR count). The molecule has 5 heteroatoms. The van der Waals surface area contributed by atoms with Crippen LogP contribution in [0, 0.1) is 0 Å². The van der Waals surface area contributed by atoms with Gasteiger partial charge in [0.2, 0.25) is 0 Å². The number of hydrogen-bond donors (Lipinski definition) is 2. The van der Waals surface area contributed by atoms with Crippen LogP contribution in [0.4, 0.5) is 0 Å². The van der Waals surface area contributed by atoms with E-state index in [-0.39, 0.29) is 5.41 Å². The van der Waals surface area contributed by atoms with Crippen molar-refractivity contribution < 1.29 is 19.4 Å². The summed E-state index contributed by atoms with van der Waals surface area (Å²) in [6, 6.07) is 15.4. The van der Waals surface area contributed by atoms with E-state index in [0.717, 1.165) is 43.9 Å². The molecule has 1 aliphatic heterocycles. The predicted octanol–water partition coefficient (Wildman–Crippen LogP) is 3.62.